The first-order valence-electron chi connectivity index (χ1n) is 7.36. The molecule has 3 aromatic rings. The Morgan fingerprint density at radius 1 is 1.00 bits per heavy atom. The molecular weight excluding hydrogens is 306 g/mol. The Balaban J connectivity index is 1.62. The van der Waals surface area contributed by atoms with Gasteiger partial charge in [0.25, 0.3) is 5.91 Å². The highest BCUT2D eigenvalue weighted by Crippen LogP contribution is 2.24. The number of furan rings is 1. The van der Waals surface area contributed by atoms with Crippen molar-refractivity contribution in [1.82, 2.24) is 0 Å². The molecule has 3 nitrogen and oxygen atoms in total. The number of benzene rings is 2. The quantitative estimate of drug-likeness (QED) is 0.662. The van der Waals surface area contributed by atoms with E-state index < -0.39 is 0 Å². The zero-order valence-electron chi connectivity index (χ0n) is 12.8. The van der Waals surface area contributed by atoms with Gasteiger partial charge in [-0.15, -0.1) is 11.8 Å². The van der Waals surface area contributed by atoms with Crippen molar-refractivity contribution in [2.24, 2.45) is 0 Å². The van der Waals surface area contributed by atoms with Gasteiger partial charge in [-0.2, -0.15) is 0 Å². The number of hydrogen-bond donors (Lipinski definition) is 1. The molecule has 3 rings (SSSR count). The van der Waals surface area contributed by atoms with Crippen LogP contribution in [-0.2, 0) is 5.75 Å². The van der Waals surface area contributed by atoms with E-state index in [1.807, 2.05) is 55.5 Å². The van der Waals surface area contributed by atoms with Crippen LogP contribution in [0, 0.1) is 6.92 Å². The van der Waals surface area contributed by atoms with Crippen LogP contribution in [-0.4, -0.2) is 5.91 Å². The molecule has 1 N–H and O–H groups in total. The van der Waals surface area contributed by atoms with E-state index in [4.69, 9.17) is 4.42 Å². The molecule has 0 aliphatic rings. The number of carbonyl (C=O) groups excluding carboxylic acids is 1. The van der Waals surface area contributed by atoms with Gasteiger partial charge in [-0.1, -0.05) is 36.4 Å². The third-order valence-corrected chi connectivity index (χ3v) is 4.44. The molecule has 4 heteroatoms. The molecule has 0 bridgehead atoms. The summed E-state index contributed by atoms with van der Waals surface area (Å²) in [6.07, 6.45) is 0. The second kappa shape index (κ2) is 7.20. The highest BCUT2D eigenvalue weighted by Gasteiger charge is 2.12. The van der Waals surface area contributed by atoms with Crippen molar-refractivity contribution in [2.75, 3.05) is 5.32 Å². The average Bonchev–Trinajstić information content (AvgIpc) is 3.05. The number of anilines is 1. The maximum Gasteiger partial charge on any atom is 0.291 e. The molecule has 116 valence electrons. The van der Waals surface area contributed by atoms with Crippen molar-refractivity contribution in [1.29, 1.82) is 0 Å². The number of aryl methyl sites for hydroxylation is 1. The van der Waals surface area contributed by atoms with Gasteiger partial charge in [-0.05, 0) is 42.8 Å². The molecule has 1 heterocycles. The second-order valence-corrected chi connectivity index (χ2v) is 6.19. The number of hydrogen-bond acceptors (Lipinski definition) is 3. The lowest BCUT2D eigenvalue weighted by atomic mass is 10.2. The summed E-state index contributed by atoms with van der Waals surface area (Å²) in [6.45, 7) is 1.96. The number of carbonyl (C=O) groups is 1. The van der Waals surface area contributed by atoms with Crippen molar-refractivity contribution >= 4 is 23.4 Å². The van der Waals surface area contributed by atoms with E-state index in [9.17, 15) is 4.79 Å². The first-order valence-corrected chi connectivity index (χ1v) is 8.34. The average molecular weight is 323 g/mol. The number of thioether (sulfide) groups is 1. The Morgan fingerprint density at radius 3 is 2.52 bits per heavy atom. The Morgan fingerprint density at radius 2 is 1.74 bits per heavy atom. The van der Waals surface area contributed by atoms with E-state index in [1.165, 1.54) is 4.90 Å². The van der Waals surface area contributed by atoms with Crippen LogP contribution in [0.4, 0.5) is 5.69 Å². The van der Waals surface area contributed by atoms with Crippen molar-refractivity contribution in [2.45, 2.75) is 17.6 Å². The summed E-state index contributed by atoms with van der Waals surface area (Å²) >= 11 is 1.68. The number of rotatable bonds is 5. The fraction of sp³-hybridized carbons (Fsp3) is 0.105. The minimum absolute atomic E-state index is 0.227. The lowest BCUT2D eigenvalue weighted by molar-refractivity contribution is 0.0995. The fourth-order valence-electron chi connectivity index (χ4n) is 2.15. The summed E-state index contributed by atoms with van der Waals surface area (Å²) in [5.41, 5.74) is 1.82. The Kier molecular flexibility index (Phi) is 4.83. The van der Waals surface area contributed by atoms with Crippen molar-refractivity contribution in [3.63, 3.8) is 0 Å². The summed E-state index contributed by atoms with van der Waals surface area (Å²) in [6, 6.07) is 21.4. The van der Waals surface area contributed by atoms with Crippen LogP contribution < -0.4 is 5.32 Å². The highest BCUT2D eigenvalue weighted by atomic mass is 32.2. The van der Waals surface area contributed by atoms with Gasteiger partial charge in [0.1, 0.15) is 5.76 Å². The molecule has 0 atom stereocenters. The van der Waals surface area contributed by atoms with Gasteiger partial charge in [0, 0.05) is 10.6 Å². The highest BCUT2D eigenvalue weighted by molar-refractivity contribution is 7.98. The second-order valence-electron chi connectivity index (χ2n) is 5.14. The first-order chi connectivity index (χ1) is 11.2. The molecule has 0 saturated heterocycles. The summed E-state index contributed by atoms with van der Waals surface area (Å²) in [7, 11) is 0. The molecule has 0 unspecified atom stereocenters. The molecule has 0 fully saturated rings. The van der Waals surface area contributed by atoms with Crippen molar-refractivity contribution < 1.29 is 9.21 Å². The van der Waals surface area contributed by atoms with E-state index in [0.717, 1.165) is 17.0 Å². The fourth-order valence-corrected chi connectivity index (χ4v) is 2.96. The van der Waals surface area contributed by atoms with E-state index in [0.29, 0.717) is 11.5 Å². The number of amides is 1. The summed E-state index contributed by atoms with van der Waals surface area (Å²) in [5, 5.41) is 2.87. The van der Waals surface area contributed by atoms with Crippen LogP contribution >= 0.6 is 11.8 Å². The SMILES string of the molecule is Cc1ccccc1NC(=O)c1ccc(CSc2ccccc2)o1. The summed E-state index contributed by atoms with van der Waals surface area (Å²) in [5.74, 6) is 1.59. The van der Waals surface area contributed by atoms with Gasteiger partial charge in [-0.3, -0.25) is 4.79 Å². The molecule has 0 aliphatic carbocycles. The monoisotopic (exact) mass is 323 g/mol. The zero-order valence-corrected chi connectivity index (χ0v) is 13.6. The minimum atomic E-state index is -0.227. The topological polar surface area (TPSA) is 42.2 Å². The Hall–Kier alpha value is -2.46. The molecule has 1 amide bonds. The van der Waals surface area contributed by atoms with E-state index >= 15 is 0 Å². The maximum atomic E-state index is 12.2. The standard InChI is InChI=1S/C19H17NO2S/c1-14-7-5-6-10-17(14)20-19(21)18-12-11-15(22-18)13-23-16-8-3-2-4-9-16/h2-12H,13H2,1H3,(H,20,21). The van der Waals surface area contributed by atoms with Crippen LogP contribution in [0.15, 0.2) is 76.0 Å². The van der Waals surface area contributed by atoms with Crippen molar-refractivity contribution in [3.05, 3.63) is 83.8 Å². The first kappa shape index (κ1) is 15.4. The van der Waals surface area contributed by atoms with Crippen LogP contribution in [0.1, 0.15) is 21.9 Å². The summed E-state index contributed by atoms with van der Waals surface area (Å²) < 4.78 is 5.65. The number of nitrogens with one attached hydrogen (secondary N) is 1. The molecule has 0 radical (unpaired) electrons. The normalized spacial score (nSPS) is 10.5. The predicted molar refractivity (Wildman–Crippen MR) is 93.8 cm³/mol. The number of para-hydroxylation sites is 1. The van der Waals surface area contributed by atoms with Gasteiger partial charge in [0.05, 0.1) is 5.75 Å². The molecular formula is C19H17NO2S. The van der Waals surface area contributed by atoms with Gasteiger partial charge < -0.3 is 9.73 Å². The van der Waals surface area contributed by atoms with Crippen LogP contribution in [0.2, 0.25) is 0 Å². The minimum Gasteiger partial charge on any atom is -0.455 e. The van der Waals surface area contributed by atoms with Crippen molar-refractivity contribution in [3.8, 4) is 0 Å². The Bertz CT molecular complexity index is 796. The molecule has 2 aromatic carbocycles. The maximum absolute atomic E-state index is 12.2. The van der Waals surface area contributed by atoms with Crippen LogP contribution in [0.25, 0.3) is 0 Å². The van der Waals surface area contributed by atoms with Gasteiger partial charge in [0.15, 0.2) is 5.76 Å². The zero-order chi connectivity index (χ0) is 16.1. The van der Waals surface area contributed by atoms with Gasteiger partial charge in [0.2, 0.25) is 0 Å². The third-order valence-electron chi connectivity index (χ3n) is 3.40. The summed E-state index contributed by atoms with van der Waals surface area (Å²) in [4.78, 5) is 13.4. The van der Waals surface area contributed by atoms with E-state index in [2.05, 4.69) is 17.4 Å². The molecule has 1 aromatic heterocycles. The molecule has 0 aliphatic heterocycles. The molecule has 0 spiro atoms. The van der Waals surface area contributed by atoms with Crippen LogP contribution in [0.3, 0.4) is 0 Å². The molecule has 23 heavy (non-hydrogen) atoms. The predicted octanol–water partition coefficient (Wildman–Crippen LogP) is 5.13. The lowest BCUT2D eigenvalue weighted by Gasteiger charge is -2.06. The van der Waals surface area contributed by atoms with Gasteiger partial charge in [-0.25, -0.2) is 0 Å². The smallest absolute Gasteiger partial charge is 0.291 e. The van der Waals surface area contributed by atoms with E-state index in [1.54, 1.807) is 17.8 Å². The largest absolute Gasteiger partial charge is 0.455 e. The van der Waals surface area contributed by atoms with Crippen LogP contribution in [0.5, 0.6) is 0 Å². The lowest BCUT2D eigenvalue weighted by Crippen LogP contribution is -2.11. The third kappa shape index (κ3) is 4.05. The van der Waals surface area contributed by atoms with Gasteiger partial charge >= 0.3 is 0 Å². The Labute approximate surface area is 139 Å². The van der Waals surface area contributed by atoms with E-state index in [-0.39, 0.29) is 5.91 Å². The molecule has 0 saturated carbocycles.